The maximum atomic E-state index is 11.6. The highest BCUT2D eigenvalue weighted by molar-refractivity contribution is 7.09. The lowest BCUT2D eigenvalue weighted by Gasteiger charge is -2.19. The van der Waals surface area contributed by atoms with Gasteiger partial charge < -0.3 is 10.1 Å². The Bertz CT molecular complexity index is 620. The molecule has 0 spiro atoms. The topological polar surface area (TPSA) is 64.1 Å². The minimum atomic E-state index is -0.507. The van der Waals surface area contributed by atoms with Gasteiger partial charge in [0, 0.05) is 17.1 Å². The first-order chi connectivity index (χ1) is 9.83. The van der Waals surface area contributed by atoms with Gasteiger partial charge in [0.1, 0.15) is 15.8 Å². The molecule has 1 amide bonds. The molecule has 0 saturated carbocycles. The first kappa shape index (κ1) is 15.7. The fourth-order valence-corrected chi connectivity index (χ4v) is 2.37. The van der Waals surface area contributed by atoms with Crippen LogP contribution in [0.3, 0.4) is 0 Å². The van der Waals surface area contributed by atoms with Crippen LogP contribution in [0.25, 0.3) is 11.3 Å². The van der Waals surface area contributed by atoms with Crippen LogP contribution < -0.4 is 5.32 Å². The van der Waals surface area contributed by atoms with Gasteiger partial charge in [-0.1, -0.05) is 11.6 Å². The van der Waals surface area contributed by atoms with Crippen LogP contribution in [-0.2, 0) is 11.3 Å². The quantitative estimate of drug-likeness (QED) is 0.870. The Morgan fingerprint density at radius 1 is 1.43 bits per heavy atom. The van der Waals surface area contributed by atoms with E-state index in [1.807, 2.05) is 32.2 Å². The SMILES string of the molecule is CC(C)(C)OC(=O)NCc1nc(-c2ccc(Cl)nc2)cs1. The van der Waals surface area contributed by atoms with Gasteiger partial charge >= 0.3 is 6.09 Å². The predicted molar refractivity (Wildman–Crippen MR) is 83.4 cm³/mol. The van der Waals surface area contributed by atoms with Gasteiger partial charge in [0.2, 0.25) is 0 Å². The zero-order chi connectivity index (χ0) is 15.5. The average molecular weight is 326 g/mol. The Hall–Kier alpha value is -1.66. The van der Waals surface area contributed by atoms with E-state index in [1.54, 1.807) is 12.3 Å². The first-order valence-corrected chi connectivity index (χ1v) is 7.62. The molecule has 0 aliphatic carbocycles. The molecule has 21 heavy (non-hydrogen) atoms. The number of thiazole rings is 1. The van der Waals surface area contributed by atoms with Crippen molar-refractivity contribution in [3.8, 4) is 11.3 Å². The second-order valence-electron chi connectivity index (χ2n) is 5.35. The second-order valence-corrected chi connectivity index (χ2v) is 6.68. The van der Waals surface area contributed by atoms with E-state index in [0.717, 1.165) is 16.3 Å². The molecular weight excluding hydrogens is 310 g/mol. The zero-order valence-corrected chi connectivity index (χ0v) is 13.6. The molecule has 2 rings (SSSR count). The van der Waals surface area contributed by atoms with E-state index in [1.165, 1.54) is 11.3 Å². The van der Waals surface area contributed by atoms with Crippen molar-refractivity contribution in [1.82, 2.24) is 15.3 Å². The number of nitrogens with zero attached hydrogens (tertiary/aromatic N) is 2. The molecule has 7 heteroatoms. The number of rotatable bonds is 3. The molecule has 2 aromatic rings. The smallest absolute Gasteiger partial charge is 0.408 e. The number of carbonyl (C=O) groups is 1. The monoisotopic (exact) mass is 325 g/mol. The molecule has 2 aromatic heterocycles. The second kappa shape index (κ2) is 6.41. The number of aromatic nitrogens is 2. The molecule has 2 heterocycles. The summed E-state index contributed by atoms with van der Waals surface area (Å²) in [5.41, 5.74) is 1.19. The molecule has 0 radical (unpaired) electrons. The normalized spacial score (nSPS) is 11.2. The third-order valence-electron chi connectivity index (χ3n) is 2.36. The summed E-state index contributed by atoms with van der Waals surface area (Å²) in [5, 5.41) is 5.84. The van der Waals surface area contributed by atoms with Crippen LogP contribution in [0.2, 0.25) is 5.15 Å². The Kier molecular flexibility index (Phi) is 4.80. The number of pyridine rings is 1. The lowest BCUT2D eigenvalue weighted by atomic mass is 10.2. The molecule has 0 aromatic carbocycles. The lowest BCUT2D eigenvalue weighted by Crippen LogP contribution is -2.32. The van der Waals surface area contributed by atoms with E-state index in [2.05, 4.69) is 15.3 Å². The summed E-state index contributed by atoms with van der Waals surface area (Å²) in [6.07, 6.45) is 1.22. The van der Waals surface area contributed by atoms with E-state index in [0.29, 0.717) is 11.7 Å². The molecule has 0 aliphatic rings. The maximum absolute atomic E-state index is 11.6. The molecule has 0 unspecified atom stereocenters. The number of carbonyl (C=O) groups excluding carboxylic acids is 1. The van der Waals surface area contributed by atoms with Crippen LogP contribution in [0.15, 0.2) is 23.7 Å². The van der Waals surface area contributed by atoms with Crippen LogP contribution in [0.1, 0.15) is 25.8 Å². The van der Waals surface area contributed by atoms with E-state index < -0.39 is 11.7 Å². The van der Waals surface area contributed by atoms with Crippen molar-refractivity contribution in [3.05, 3.63) is 33.9 Å². The van der Waals surface area contributed by atoms with Crippen molar-refractivity contribution in [2.75, 3.05) is 0 Å². The van der Waals surface area contributed by atoms with E-state index in [9.17, 15) is 4.79 Å². The van der Waals surface area contributed by atoms with Gasteiger partial charge in [-0.25, -0.2) is 14.8 Å². The summed E-state index contributed by atoms with van der Waals surface area (Å²) < 4.78 is 5.17. The average Bonchev–Trinajstić information content (AvgIpc) is 2.84. The third-order valence-corrected chi connectivity index (χ3v) is 3.43. The number of halogens is 1. The number of hydrogen-bond acceptors (Lipinski definition) is 5. The minimum absolute atomic E-state index is 0.334. The zero-order valence-electron chi connectivity index (χ0n) is 12.0. The van der Waals surface area contributed by atoms with E-state index in [-0.39, 0.29) is 0 Å². The Labute approximate surface area is 132 Å². The Morgan fingerprint density at radius 2 is 2.19 bits per heavy atom. The fourth-order valence-electron chi connectivity index (χ4n) is 1.51. The van der Waals surface area contributed by atoms with Crippen molar-refractivity contribution in [2.45, 2.75) is 32.9 Å². The summed E-state index contributed by atoms with van der Waals surface area (Å²) in [6.45, 7) is 5.80. The fraction of sp³-hybridized carbons (Fsp3) is 0.357. The number of ether oxygens (including phenoxy) is 1. The molecular formula is C14H16ClN3O2S. The van der Waals surface area contributed by atoms with Crippen LogP contribution in [-0.4, -0.2) is 21.7 Å². The van der Waals surface area contributed by atoms with Gasteiger partial charge in [0.25, 0.3) is 0 Å². The molecule has 0 saturated heterocycles. The molecule has 112 valence electrons. The van der Waals surface area contributed by atoms with Gasteiger partial charge in [-0.3, -0.25) is 0 Å². The molecule has 1 N–H and O–H groups in total. The van der Waals surface area contributed by atoms with Crippen LogP contribution in [0.5, 0.6) is 0 Å². The number of alkyl carbamates (subject to hydrolysis) is 1. The Balaban J connectivity index is 1.94. The van der Waals surface area contributed by atoms with Gasteiger partial charge in [0.05, 0.1) is 12.2 Å². The highest BCUT2D eigenvalue weighted by Crippen LogP contribution is 2.22. The van der Waals surface area contributed by atoms with E-state index >= 15 is 0 Å². The molecule has 5 nitrogen and oxygen atoms in total. The highest BCUT2D eigenvalue weighted by Gasteiger charge is 2.16. The summed E-state index contributed by atoms with van der Waals surface area (Å²) in [4.78, 5) is 20.0. The van der Waals surface area contributed by atoms with Crippen molar-refractivity contribution in [2.24, 2.45) is 0 Å². The number of hydrogen-bond donors (Lipinski definition) is 1. The lowest BCUT2D eigenvalue weighted by molar-refractivity contribution is 0.0523. The van der Waals surface area contributed by atoms with Gasteiger partial charge in [-0.2, -0.15) is 0 Å². The van der Waals surface area contributed by atoms with Gasteiger partial charge in [-0.05, 0) is 32.9 Å². The van der Waals surface area contributed by atoms with Crippen LogP contribution in [0.4, 0.5) is 4.79 Å². The van der Waals surface area contributed by atoms with Crippen molar-refractivity contribution >= 4 is 29.0 Å². The minimum Gasteiger partial charge on any atom is -0.444 e. The van der Waals surface area contributed by atoms with Crippen LogP contribution >= 0.6 is 22.9 Å². The van der Waals surface area contributed by atoms with Crippen molar-refractivity contribution in [1.29, 1.82) is 0 Å². The van der Waals surface area contributed by atoms with E-state index in [4.69, 9.17) is 16.3 Å². The standard InChI is InChI=1S/C14H16ClN3O2S/c1-14(2,3)20-13(19)17-7-12-18-10(8-21-12)9-4-5-11(15)16-6-9/h4-6,8H,7H2,1-3H3,(H,17,19). The number of amides is 1. The summed E-state index contributed by atoms with van der Waals surface area (Å²) in [6, 6.07) is 3.57. The summed E-state index contributed by atoms with van der Waals surface area (Å²) in [7, 11) is 0. The van der Waals surface area contributed by atoms with Crippen LogP contribution in [0, 0.1) is 0 Å². The third kappa shape index (κ3) is 4.99. The highest BCUT2D eigenvalue weighted by atomic mass is 35.5. The summed E-state index contributed by atoms with van der Waals surface area (Å²) >= 11 is 7.22. The Morgan fingerprint density at radius 3 is 2.81 bits per heavy atom. The van der Waals surface area contributed by atoms with Gasteiger partial charge in [0.15, 0.2) is 0 Å². The predicted octanol–water partition coefficient (Wildman–Crippen LogP) is 3.88. The molecule has 0 bridgehead atoms. The molecule has 0 aliphatic heterocycles. The molecule has 0 fully saturated rings. The largest absolute Gasteiger partial charge is 0.444 e. The summed E-state index contributed by atoms with van der Waals surface area (Å²) in [5.74, 6) is 0. The first-order valence-electron chi connectivity index (χ1n) is 6.37. The molecule has 0 atom stereocenters. The van der Waals surface area contributed by atoms with Gasteiger partial charge in [-0.15, -0.1) is 11.3 Å². The number of nitrogens with one attached hydrogen (secondary N) is 1. The maximum Gasteiger partial charge on any atom is 0.408 e. The van der Waals surface area contributed by atoms with Crippen molar-refractivity contribution in [3.63, 3.8) is 0 Å². The van der Waals surface area contributed by atoms with Crippen molar-refractivity contribution < 1.29 is 9.53 Å².